The lowest BCUT2D eigenvalue weighted by molar-refractivity contribution is -0.137. The summed E-state index contributed by atoms with van der Waals surface area (Å²) in [5, 5.41) is 14.8. The van der Waals surface area contributed by atoms with Gasteiger partial charge in [-0.25, -0.2) is 0 Å². The number of carboxylic acids is 1. The predicted molar refractivity (Wildman–Crippen MR) is 73.8 cm³/mol. The summed E-state index contributed by atoms with van der Waals surface area (Å²) < 4.78 is 0. The van der Waals surface area contributed by atoms with Gasteiger partial charge in [-0.1, -0.05) is 13.8 Å². The molecule has 0 aliphatic carbocycles. The Morgan fingerprint density at radius 3 is 2.63 bits per heavy atom. The van der Waals surface area contributed by atoms with Crippen molar-refractivity contribution in [2.45, 2.75) is 52.0 Å². The molecule has 1 fully saturated rings. The minimum absolute atomic E-state index is 0.0310. The first-order valence-corrected chi connectivity index (χ1v) is 7.23. The van der Waals surface area contributed by atoms with E-state index in [-0.39, 0.29) is 18.4 Å². The van der Waals surface area contributed by atoms with Gasteiger partial charge in [0.2, 0.25) is 5.91 Å². The molecule has 0 spiro atoms. The second kappa shape index (κ2) is 8.15. The Morgan fingerprint density at radius 1 is 1.37 bits per heavy atom. The number of carboxylic acid groups (broad SMARTS) is 1. The van der Waals surface area contributed by atoms with Gasteiger partial charge in [0.15, 0.2) is 0 Å². The third kappa shape index (κ3) is 6.05. The molecule has 5 nitrogen and oxygen atoms in total. The zero-order valence-electron chi connectivity index (χ0n) is 11.9. The van der Waals surface area contributed by atoms with Crippen molar-refractivity contribution in [2.24, 2.45) is 11.8 Å². The summed E-state index contributed by atoms with van der Waals surface area (Å²) in [6.07, 6.45) is 3.72. The topological polar surface area (TPSA) is 78.4 Å². The van der Waals surface area contributed by atoms with E-state index in [0.29, 0.717) is 24.8 Å². The first-order chi connectivity index (χ1) is 9.00. The van der Waals surface area contributed by atoms with Crippen molar-refractivity contribution in [3.63, 3.8) is 0 Å². The Morgan fingerprint density at radius 2 is 2.11 bits per heavy atom. The lowest BCUT2D eigenvalue weighted by atomic mass is 9.88. The van der Waals surface area contributed by atoms with Crippen LogP contribution in [0, 0.1) is 11.8 Å². The molecular formula is C14H26N2O3. The molecule has 0 aromatic rings. The largest absolute Gasteiger partial charge is 0.481 e. The van der Waals surface area contributed by atoms with Gasteiger partial charge in [-0.05, 0) is 44.1 Å². The van der Waals surface area contributed by atoms with Crippen molar-refractivity contribution in [3.05, 3.63) is 0 Å². The maximum Gasteiger partial charge on any atom is 0.303 e. The summed E-state index contributed by atoms with van der Waals surface area (Å²) >= 11 is 0. The molecule has 1 heterocycles. The van der Waals surface area contributed by atoms with Gasteiger partial charge >= 0.3 is 5.97 Å². The maximum absolute atomic E-state index is 11.8. The van der Waals surface area contributed by atoms with Crippen LogP contribution in [0.1, 0.15) is 46.0 Å². The number of aliphatic carboxylic acids is 1. The predicted octanol–water partition coefficient (Wildman–Crippen LogP) is 1.38. The Bertz CT molecular complexity index is 299. The first kappa shape index (κ1) is 16.0. The molecule has 5 heteroatoms. The minimum Gasteiger partial charge on any atom is -0.481 e. The van der Waals surface area contributed by atoms with Gasteiger partial charge in [0, 0.05) is 13.0 Å². The fourth-order valence-corrected chi connectivity index (χ4v) is 2.53. The minimum atomic E-state index is -0.746. The van der Waals surface area contributed by atoms with Crippen LogP contribution < -0.4 is 10.6 Å². The average molecular weight is 270 g/mol. The fraction of sp³-hybridized carbons (Fsp3) is 0.857. The number of carbonyl (C=O) groups is 2. The van der Waals surface area contributed by atoms with Crippen molar-refractivity contribution in [1.29, 1.82) is 0 Å². The van der Waals surface area contributed by atoms with Crippen molar-refractivity contribution in [1.82, 2.24) is 10.6 Å². The number of nitrogens with one attached hydrogen (secondary N) is 2. The van der Waals surface area contributed by atoms with Crippen LogP contribution in [0.3, 0.4) is 0 Å². The van der Waals surface area contributed by atoms with Crippen LogP contribution in [0.25, 0.3) is 0 Å². The number of amides is 1. The average Bonchev–Trinajstić information content (AvgIpc) is 2.86. The molecule has 110 valence electrons. The van der Waals surface area contributed by atoms with Gasteiger partial charge in [-0.15, -0.1) is 0 Å². The van der Waals surface area contributed by atoms with E-state index >= 15 is 0 Å². The van der Waals surface area contributed by atoms with E-state index in [1.807, 2.05) is 0 Å². The van der Waals surface area contributed by atoms with E-state index < -0.39 is 5.97 Å². The molecule has 0 aromatic carbocycles. The van der Waals surface area contributed by atoms with E-state index in [4.69, 9.17) is 5.11 Å². The summed E-state index contributed by atoms with van der Waals surface area (Å²) in [4.78, 5) is 22.4. The van der Waals surface area contributed by atoms with Crippen LogP contribution in [0.4, 0.5) is 0 Å². The smallest absolute Gasteiger partial charge is 0.303 e. The Kier molecular flexibility index (Phi) is 6.84. The van der Waals surface area contributed by atoms with Crippen molar-refractivity contribution < 1.29 is 14.7 Å². The van der Waals surface area contributed by atoms with Gasteiger partial charge in [-0.3, -0.25) is 9.59 Å². The maximum atomic E-state index is 11.8. The van der Waals surface area contributed by atoms with Gasteiger partial charge in [0.1, 0.15) is 0 Å². The molecule has 0 bridgehead atoms. The highest BCUT2D eigenvalue weighted by Gasteiger charge is 2.22. The van der Waals surface area contributed by atoms with Crippen LogP contribution in [0.15, 0.2) is 0 Å². The molecule has 1 aliphatic heterocycles. The molecule has 1 rings (SSSR count). The van der Waals surface area contributed by atoms with Crippen molar-refractivity contribution >= 4 is 11.9 Å². The van der Waals surface area contributed by atoms with E-state index in [0.717, 1.165) is 25.8 Å². The van der Waals surface area contributed by atoms with Gasteiger partial charge in [0.05, 0.1) is 6.04 Å². The SMILES string of the molecule is CC(C)C(CCNC(=O)C1CCCN1)CCC(=O)O. The molecule has 2 atom stereocenters. The highest BCUT2D eigenvalue weighted by molar-refractivity contribution is 5.81. The molecule has 1 saturated heterocycles. The van der Waals surface area contributed by atoms with E-state index in [9.17, 15) is 9.59 Å². The molecule has 0 saturated carbocycles. The Balaban J connectivity index is 2.23. The molecular weight excluding hydrogens is 244 g/mol. The van der Waals surface area contributed by atoms with Gasteiger partial charge < -0.3 is 15.7 Å². The zero-order chi connectivity index (χ0) is 14.3. The first-order valence-electron chi connectivity index (χ1n) is 7.23. The quantitative estimate of drug-likeness (QED) is 0.622. The van der Waals surface area contributed by atoms with Crippen molar-refractivity contribution in [3.8, 4) is 0 Å². The third-order valence-electron chi connectivity index (χ3n) is 3.86. The molecule has 0 aromatic heterocycles. The van der Waals surface area contributed by atoms with Crippen molar-refractivity contribution in [2.75, 3.05) is 13.1 Å². The second-order valence-electron chi connectivity index (χ2n) is 5.67. The standard InChI is InChI=1S/C14H26N2O3/c1-10(2)11(5-6-13(17)18)7-9-16-14(19)12-4-3-8-15-12/h10-12,15H,3-9H2,1-2H3,(H,16,19)(H,17,18). The molecule has 2 unspecified atom stereocenters. The molecule has 0 radical (unpaired) electrons. The summed E-state index contributed by atoms with van der Waals surface area (Å²) in [5.41, 5.74) is 0. The van der Waals surface area contributed by atoms with Crippen LogP contribution in [0.5, 0.6) is 0 Å². The van der Waals surface area contributed by atoms with Crippen LogP contribution >= 0.6 is 0 Å². The third-order valence-corrected chi connectivity index (χ3v) is 3.86. The van der Waals surface area contributed by atoms with E-state index in [1.165, 1.54) is 0 Å². The second-order valence-corrected chi connectivity index (χ2v) is 5.67. The number of hydrogen-bond donors (Lipinski definition) is 3. The summed E-state index contributed by atoms with van der Waals surface area (Å²) in [7, 11) is 0. The van der Waals surface area contributed by atoms with E-state index in [2.05, 4.69) is 24.5 Å². The normalized spacial score (nSPS) is 20.5. The van der Waals surface area contributed by atoms with E-state index in [1.54, 1.807) is 0 Å². The highest BCUT2D eigenvalue weighted by Crippen LogP contribution is 2.20. The molecule has 3 N–H and O–H groups in total. The fourth-order valence-electron chi connectivity index (χ4n) is 2.53. The zero-order valence-corrected chi connectivity index (χ0v) is 11.9. The van der Waals surface area contributed by atoms with Gasteiger partial charge in [0.25, 0.3) is 0 Å². The van der Waals surface area contributed by atoms with Gasteiger partial charge in [-0.2, -0.15) is 0 Å². The lowest BCUT2D eigenvalue weighted by Crippen LogP contribution is -2.41. The Hall–Kier alpha value is -1.10. The summed E-state index contributed by atoms with van der Waals surface area (Å²) in [6, 6.07) is -0.0310. The molecule has 1 aliphatic rings. The number of hydrogen-bond acceptors (Lipinski definition) is 3. The van der Waals surface area contributed by atoms with Crippen LogP contribution in [-0.4, -0.2) is 36.1 Å². The summed E-state index contributed by atoms with van der Waals surface area (Å²) in [6.45, 7) is 5.77. The van der Waals surface area contributed by atoms with Crippen LogP contribution in [0.2, 0.25) is 0 Å². The molecule has 1 amide bonds. The van der Waals surface area contributed by atoms with Crippen LogP contribution in [-0.2, 0) is 9.59 Å². The summed E-state index contributed by atoms with van der Waals surface area (Å²) in [5.74, 6) is 0.136. The Labute approximate surface area is 115 Å². The monoisotopic (exact) mass is 270 g/mol. The lowest BCUT2D eigenvalue weighted by Gasteiger charge is -2.20. The number of rotatable bonds is 8. The highest BCUT2D eigenvalue weighted by atomic mass is 16.4. The number of carbonyl (C=O) groups excluding carboxylic acids is 1. The molecule has 19 heavy (non-hydrogen) atoms.